The highest BCUT2D eigenvalue weighted by Crippen LogP contribution is 2.70. The minimum Gasteiger partial charge on any atom is -0.350 e. The van der Waals surface area contributed by atoms with Gasteiger partial charge in [-0.3, -0.25) is 0 Å². The smallest absolute Gasteiger partial charge is 0.169 e. The van der Waals surface area contributed by atoms with Crippen molar-refractivity contribution in [2.75, 3.05) is 13.2 Å². The molecule has 1 spiro atoms. The molecular formula is C15H29O2P. The van der Waals surface area contributed by atoms with E-state index in [0.29, 0.717) is 10.3 Å². The third-order valence-corrected chi connectivity index (χ3v) is 8.20. The van der Waals surface area contributed by atoms with Gasteiger partial charge in [0.05, 0.1) is 13.2 Å². The highest BCUT2D eigenvalue weighted by Gasteiger charge is 2.56. The maximum absolute atomic E-state index is 6.09. The topological polar surface area (TPSA) is 18.5 Å². The fraction of sp³-hybridized carbons (Fsp3) is 1.00. The lowest BCUT2D eigenvalue weighted by Gasteiger charge is -2.58. The molecule has 0 aliphatic carbocycles. The van der Waals surface area contributed by atoms with Gasteiger partial charge in [-0.25, -0.2) is 0 Å². The summed E-state index contributed by atoms with van der Waals surface area (Å²) in [5, 5.41) is 0.672. The molecule has 0 saturated carbocycles. The lowest BCUT2D eigenvalue weighted by atomic mass is 9.91. The molecule has 2 aliphatic rings. The summed E-state index contributed by atoms with van der Waals surface area (Å²) in [6, 6.07) is 0. The van der Waals surface area contributed by atoms with Crippen molar-refractivity contribution in [1.82, 2.24) is 0 Å². The molecule has 0 aromatic heterocycles. The lowest BCUT2D eigenvalue weighted by Crippen LogP contribution is -2.55. The van der Waals surface area contributed by atoms with Gasteiger partial charge in [-0.05, 0) is 22.4 Å². The summed E-state index contributed by atoms with van der Waals surface area (Å²) in [6.45, 7) is 16.2. The molecule has 2 rings (SSSR count). The Morgan fingerprint density at radius 1 is 0.889 bits per heavy atom. The molecule has 106 valence electrons. The van der Waals surface area contributed by atoms with E-state index in [1.807, 2.05) is 0 Å². The van der Waals surface area contributed by atoms with Crippen LogP contribution in [0.15, 0.2) is 0 Å². The standard InChI is InChI=1S/C15H29O2P/c1-12(2)18-13(3,4)10-15(11-14(18,5)6)16-8-7-9-17-15/h12H,7-11H2,1-6H3. The predicted molar refractivity (Wildman–Crippen MR) is 78.7 cm³/mol. The molecule has 2 aliphatic heterocycles. The van der Waals surface area contributed by atoms with Crippen LogP contribution in [0.1, 0.15) is 60.8 Å². The first kappa shape index (κ1) is 14.8. The van der Waals surface area contributed by atoms with Crippen LogP contribution in [0.3, 0.4) is 0 Å². The van der Waals surface area contributed by atoms with Crippen molar-refractivity contribution in [2.24, 2.45) is 0 Å². The molecule has 0 aromatic carbocycles. The maximum Gasteiger partial charge on any atom is 0.169 e. The Kier molecular flexibility index (Phi) is 3.87. The molecule has 3 heteroatoms. The van der Waals surface area contributed by atoms with Crippen molar-refractivity contribution in [3.63, 3.8) is 0 Å². The summed E-state index contributed by atoms with van der Waals surface area (Å²) in [5.41, 5.74) is 0.769. The predicted octanol–water partition coefficient (Wildman–Crippen LogP) is 4.36. The molecule has 0 N–H and O–H groups in total. The molecule has 0 aromatic rings. The van der Waals surface area contributed by atoms with Gasteiger partial charge in [0, 0.05) is 12.8 Å². The van der Waals surface area contributed by atoms with Crippen molar-refractivity contribution < 1.29 is 9.47 Å². The van der Waals surface area contributed by atoms with Crippen molar-refractivity contribution in [3.8, 4) is 0 Å². The Balaban J connectivity index is 2.29. The Hall–Kier alpha value is 0.350. The van der Waals surface area contributed by atoms with Crippen molar-refractivity contribution in [1.29, 1.82) is 0 Å². The zero-order chi connectivity index (χ0) is 13.6. The van der Waals surface area contributed by atoms with Crippen LogP contribution in [-0.4, -0.2) is 35.0 Å². The summed E-state index contributed by atoms with van der Waals surface area (Å²) < 4.78 is 12.2. The Bertz CT molecular complexity index is 284. The van der Waals surface area contributed by atoms with Gasteiger partial charge in [-0.2, -0.15) is 0 Å². The SMILES string of the molecule is CC(C)P1C(C)(C)CC2(CC1(C)C)OCCCO2. The molecule has 2 saturated heterocycles. The molecule has 0 bridgehead atoms. The Morgan fingerprint density at radius 3 is 1.72 bits per heavy atom. The van der Waals surface area contributed by atoms with Crippen LogP contribution in [0.5, 0.6) is 0 Å². The molecule has 0 amide bonds. The first-order valence-corrected chi connectivity index (χ1v) is 8.67. The fourth-order valence-corrected chi connectivity index (χ4v) is 9.85. The number of ether oxygens (including phenoxy) is 2. The molecule has 18 heavy (non-hydrogen) atoms. The van der Waals surface area contributed by atoms with Gasteiger partial charge in [0.1, 0.15) is 0 Å². The van der Waals surface area contributed by atoms with Crippen molar-refractivity contribution >= 4 is 7.92 Å². The number of rotatable bonds is 1. The zero-order valence-corrected chi connectivity index (χ0v) is 13.8. The Morgan fingerprint density at radius 2 is 1.33 bits per heavy atom. The summed E-state index contributed by atoms with van der Waals surface area (Å²) >= 11 is 0. The van der Waals surface area contributed by atoms with E-state index in [2.05, 4.69) is 41.5 Å². The summed E-state index contributed by atoms with van der Waals surface area (Å²) in [6.07, 6.45) is 3.17. The van der Waals surface area contributed by atoms with Gasteiger partial charge in [0.25, 0.3) is 0 Å². The third-order valence-electron chi connectivity index (χ3n) is 4.24. The molecular weight excluding hydrogens is 243 g/mol. The van der Waals surface area contributed by atoms with Gasteiger partial charge in [-0.1, -0.05) is 49.5 Å². The monoisotopic (exact) mass is 272 g/mol. The van der Waals surface area contributed by atoms with E-state index in [9.17, 15) is 0 Å². The minimum atomic E-state index is -0.293. The average Bonchev–Trinajstić information content (AvgIpc) is 2.12. The number of hydrogen-bond acceptors (Lipinski definition) is 2. The molecule has 2 fully saturated rings. The van der Waals surface area contributed by atoms with Gasteiger partial charge in [0.15, 0.2) is 5.79 Å². The van der Waals surface area contributed by atoms with E-state index in [4.69, 9.17) is 9.47 Å². The highest BCUT2D eigenvalue weighted by molar-refractivity contribution is 7.61. The second kappa shape index (κ2) is 4.72. The van der Waals surface area contributed by atoms with Crippen molar-refractivity contribution in [2.45, 2.75) is 82.6 Å². The van der Waals surface area contributed by atoms with Crippen molar-refractivity contribution in [3.05, 3.63) is 0 Å². The second-order valence-corrected chi connectivity index (χ2v) is 11.6. The van der Waals surface area contributed by atoms with Gasteiger partial charge >= 0.3 is 0 Å². The fourth-order valence-electron chi connectivity index (χ4n) is 4.59. The number of hydrogen-bond donors (Lipinski definition) is 0. The van der Waals surface area contributed by atoms with Crippen LogP contribution in [0.25, 0.3) is 0 Å². The molecule has 0 atom stereocenters. The van der Waals surface area contributed by atoms with E-state index in [-0.39, 0.29) is 13.7 Å². The Labute approximate surface area is 114 Å². The lowest BCUT2D eigenvalue weighted by molar-refractivity contribution is -0.281. The molecule has 0 unspecified atom stereocenters. The normalized spacial score (nSPS) is 30.8. The molecule has 2 heterocycles. The van der Waals surface area contributed by atoms with Crippen LogP contribution < -0.4 is 0 Å². The van der Waals surface area contributed by atoms with Gasteiger partial charge in [0.2, 0.25) is 0 Å². The summed E-state index contributed by atoms with van der Waals surface area (Å²) in [4.78, 5) is 0. The summed E-state index contributed by atoms with van der Waals surface area (Å²) in [5.74, 6) is -0.293. The summed E-state index contributed by atoms with van der Waals surface area (Å²) in [7, 11) is -0.0281. The molecule has 2 nitrogen and oxygen atoms in total. The van der Waals surface area contributed by atoms with Crippen LogP contribution in [0, 0.1) is 0 Å². The van der Waals surface area contributed by atoms with Gasteiger partial charge in [-0.15, -0.1) is 0 Å². The van der Waals surface area contributed by atoms with Crippen LogP contribution in [0.4, 0.5) is 0 Å². The molecule has 0 radical (unpaired) electrons. The van der Waals surface area contributed by atoms with E-state index in [0.717, 1.165) is 38.1 Å². The maximum atomic E-state index is 6.09. The minimum absolute atomic E-state index is 0.0281. The van der Waals surface area contributed by atoms with Crippen LogP contribution in [-0.2, 0) is 9.47 Å². The highest BCUT2D eigenvalue weighted by atomic mass is 31.1. The van der Waals surface area contributed by atoms with Crippen LogP contribution in [0.2, 0.25) is 0 Å². The second-order valence-electron chi connectivity index (χ2n) is 7.40. The van der Waals surface area contributed by atoms with Crippen LogP contribution >= 0.6 is 7.92 Å². The quantitative estimate of drug-likeness (QED) is 0.660. The first-order valence-electron chi connectivity index (χ1n) is 7.26. The van der Waals surface area contributed by atoms with E-state index < -0.39 is 0 Å². The zero-order valence-electron chi connectivity index (χ0n) is 12.9. The first-order chi connectivity index (χ1) is 8.19. The third kappa shape index (κ3) is 2.62. The largest absolute Gasteiger partial charge is 0.350 e. The van der Waals surface area contributed by atoms with E-state index in [1.54, 1.807) is 0 Å². The van der Waals surface area contributed by atoms with E-state index in [1.165, 1.54) is 0 Å². The average molecular weight is 272 g/mol. The van der Waals surface area contributed by atoms with Gasteiger partial charge < -0.3 is 9.47 Å². The van der Waals surface area contributed by atoms with E-state index >= 15 is 0 Å².